The van der Waals surface area contributed by atoms with Gasteiger partial charge in [0.15, 0.2) is 0 Å². The maximum atomic E-state index is 11.3. The lowest BCUT2D eigenvalue weighted by Gasteiger charge is -2.30. The van der Waals surface area contributed by atoms with Crippen LogP contribution in [0.4, 0.5) is 0 Å². The average molecular weight is 207 g/mol. The van der Waals surface area contributed by atoms with E-state index in [2.05, 4.69) is 10.0 Å². The second-order valence-corrected chi connectivity index (χ2v) is 5.05. The summed E-state index contributed by atoms with van der Waals surface area (Å²) in [5.41, 5.74) is 0. The van der Waals surface area contributed by atoms with Gasteiger partial charge in [-0.2, -0.15) is 12.7 Å². The molecule has 1 fully saturated rings. The van der Waals surface area contributed by atoms with Crippen molar-refractivity contribution in [3.05, 3.63) is 0 Å². The molecule has 0 spiro atoms. The van der Waals surface area contributed by atoms with Crippen molar-refractivity contribution in [1.29, 1.82) is 0 Å². The molecule has 1 aliphatic heterocycles. The normalized spacial score (nSPS) is 22.0. The molecule has 5 nitrogen and oxygen atoms in total. The first kappa shape index (κ1) is 10.9. The van der Waals surface area contributed by atoms with E-state index >= 15 is 0 Å². The van der Waals surface area contributed by atoms with Crippen molar-refractivity contribution in [1.82, 2.24) is 14.3 Å². The minimum absolute atomic E-state index is 0.461. The number of nitrogens with zero attached hydrogens (tertiary/aromatic N) is 1. The van der Waals surface area contributed by atoms with Crippen molar-refractivity contribution in [3.63, 3.8) is 0 Å². The smallest absolute Gasteiger partial charge is 0.279 e. The van der Waals surface area contributed by atoms with Gasteiger partial charge in [0.2, 0.25) is 0 Å². The van der Waals surface area contributed by atoms with E-state index in [4.69, 9.17) is 0 Å². The molecule has 1 rings (SSSR count). The van der Waals surface area contributed by atoms with Crippen LogP contribution in [-0.2, 0) is 10.2 Å². The van der Waals surface area contributed by atoms with Gasteiger partial charge in [-0.15, -0.1) is 0 Å². The van der Waals surface area contributed by atoms with Gasteiger partial charge in [-0.25, -0.2) is 4.72 Å². The summed E-state index contributed by atoms with van der Waals surface area (Å²) in [4.78, 5) is 0. The Morgan fingerprint density at radius 3 is 2.15 bits per heavy atom. The first-order valence-electron chi connectivity index (χ1n) is 4.46. The summed E-state index contributed by atoms with van der Waals surface area (Å²) in [5.74, 6) is 0. The Morgan fingerprint density at radius 1 is 1.23 bits per heavy atom. The Labute approximate surface area is 79.7 Å². The number of piperidine rings is 1. The molecule has 13 heavy (non-hydrogen) atoms. The Hall–Kier alpha value is -0.170. The van der Waals surface area contributed by atoms with E-state index in [1.165, 1.54) is 11.4 Å². The Bertz CT molecular complexity index is 244. The topological polar surface area (TPSA) is 61.4 Å². The molecule has 0 aromatic rings. The van der Waals surface area contributed by atoms with Gasteiger partial charge in [0.25, 0.3) is 10.2 Å². The van der Waals surface area contributed by atoms with Crippen molar-refractivity contribution >= 4 is 10.2 Å². The van der Waals surface area contributed by atoms with Gasteiger partial charge in [0.05, 0.1) is 0 Å². The van der Waals surface area contributed by atoms with Crippen LogP contribution in [0, 0.1) is 0 Å². The third-order valence-corrected chi connectivity index (χ3v) is 4.02. The van der Waals surface area contributed by atoms with Crippen LogP contribution in [0.1, 0.15) is 12.8 Å². The molecular weight excluding hydrogens is 190 g/mol. The van der Waals surface area contributed by atoms with Crippen LogP contribution in [0.5, 0.6) is 0 Å². The summed E-state index contributed by atoms with van der Waals surface area (Å²) >= 11 is 0. The summed E-state index contributed by atoms with van der Waals surface area (Å²) in [5, 5.41) is 3.15. The van der Waals surface area contributed by atoms with Crippen LogP contribution in [0.15, 0.2) is 0 Å². The SMILES string of the molecule is CNC1CCN(S(=O)(=O)NC)CC1. The maximum Gasteiger partial charge on any atom is 0.279 e. The van der Waals surface area contributed by atoms with Gasteiger partial charge < -0.3 is 5.32 Å². The van der Waals surface area contributed by atoms with Crippen molar-refractivity contribution in [3.8, 4) is 0 Å². The molecule has 0 atom stereocenters. The highest BCUT2D eigenvalue weighted by atomic mass is 32.2. The molecule has 0 saturated carbocycles. The van der Waals surface area contributed by atoms with Crippen LogP contribution in [-0.4, -0.2) is 45.9 Å². The van der Waals surface area contributed by atoms with Gasteiger partial charge in [-0.1, -0.05) is 0 Å². The summed E-state index contributed by atoms with van der Waals surface area (Å²) in [6.45, 7) is 1.21. The van der Waals surface area contributed by atoms with E-state index in [9.17, 15) is 8.42 Å². The average Bonchev–Trinajstić information content (AvgIpc) is 2.18. The second-order valence-electron chi connectivity index (χ2n) is 3.17. The Balaban J connectivity index is 2.50. The van der Waals surface area contributed by atoms with E-state index in [1.807, 2.05) is 7.05 Å². The van der Waals surface area contributed by atoms with E-state index < -0.39 is 10.2 Å². The van der Waals surface area contributed by atoms with E-state index in [0.717, 1.165) is 12.8 Å². The highest BCUT2D eigenvalue weighted by Crippen LogP contribution is 2.12. The van der Waals surface area contributed by atoms with Gasteiger partial charge in [-0.3, -0.25) is 0 Å². The van der Waals surface area contributed by atoms with E-state index in [-0.39, 0.29) is 0 Å². The lowest BCUT2D eigenvalue weighted by molar-refractivity contribution is 0.296. The van der Waals surface area contributed by atoms with Crippen molar-refractivity contribution in [2.75, 3.05) is 27.2 Å². The summed E-state index contributed by atoms with van der Waals surface area (Å²) in [6.07, 6.45) is 1.77. The predicted octanol–water partition coefficient (Wildman–Crippen LogP) is -0.866. The summed E-state index contributed by atoms with van der Waals surface area (Å²) < 4.78 is 26.5. The fourth-order valence-corrected chi connectivity index (χ4v) is 2.46. The summed E-state index contributed by atoms with van der Waals surface area (Å²) in [6, 6.07) is 0.461. The molecule has 2 N–H and O–H groups in total. The molecule has 0 unspecified atom stereocenters. The highest BCUT2D eigenvalue weighted by Gasteiger charge is 2.25. The van der Waals surface area contributed by atoms with Gasteiger partial charge in [-0.05, 0) is 19.9 Å². The van der Waals surface area contributed by atoms with Crippen molar-refractivity contribution in [2.24, 2.45) is 0 Å². The van der Waals surface area contributed by atoms with E-state index in [0.29, 0.717) is 19.1 Å². The van der Waals surface area contributed by atoms with Gasteiger partial charge >= 0.3 is 0 Å². The lowest BCUT2D eigenvalue weighted by atomic mass is 10.1. The van der Waals surface area contributed by atoms with Gasteiger partial charge in [0, 0.05) is 26.2 Å². The second kappa shape index (κ2) is 4.36. The molecule has 1 saturated heterocycles. The highest BCUT2D eigenvalue weighted by molar-refractivity contribution is 7.87. The molecule has 0 bridgehead atoms. The molecule has 6 heteroatoms. The zero-order valence-electron chi connectivity index (χ0n) is 8.08. The predicted molar refractivity (Wildman–Crippen MR) is 51.6 cm³/mol. The first-order valence-corrected chi connectivity index (χ1v) is 5.90. The standard InChI is InChI=1S/C7H17N3O2S/c1-8-7-3-5-10(6-4-7)13(11,12)9-2/h7-9H,3-6H2,1-2H3. The molecule has 0 aromatic carbocycles. The monoisotopic (exact) mass is 207 g/mol. The molecule has 78 valence electrons. The van der Waals surface area contributed by atoms with Crippen molar-refractivity contribution in [2.45, 2.75) is 18.9 Å². The minimum Gasteiger partial charge on any atom is -0.317 e. The molecule has 1 heterocycles. The fourth-order valence-electron chi connectivity index (χ4n) is 1.51. The van der Waals surface area contributed by atoms with Crippen molar-refractivity contribution < 1.29 is 8.42 Å². The van der Waals surface area contributed by atoms with Crippen LogP contribution >= 0.6 is 0 Å². The van der Waals surface area contributed by atoms with Crippen LogP contribution in [0.25, 0.3) is 0 Å². The maximum absolute atomic E-state index is 11.3. The fraction of sp³-hybridized carbons (Fsp3) is 1.00. The number of hydrogen-bond donors (Lipinski definition) is 2. The minimum atomic E-state index is -3.20. The molecule has 0 radical (unpaired) electrons. The molecule has 1 aliphatic rings. The zero-order chi connectivity index (χ0) is 9.90. The lowest BCUT2D eigenvalue weighted by Crippen LogP contribution is -2.47. The Kier molecular flexibility index (Phi) is 3.66. The van der Waals surface area contributed by atoms with Gasteiger partial charge in [0.1, 0.15) is 0 Å². The zero-order valence-corrected chi connectivity index (χ0v) is 8.89. The van der Waals surface area contributed by atoms with Crippen LogP contribution < -0.4 is 10.0 Å². The van der Waals surface area contributed by atoms with Crippen LogP contribution in [0.3, 0.4) is 0 Å². The number of hydrogen-bond acceptors (Lipinski definition) is 3. The van der Waals surface area contributed by atoms with Crippen LogP contribution in [0.2, 0.25) is 0 Å². The largest absolute Gasteiger partial charge is 0.317 e. The number of nitrogens with one attached hydrogen (secondary N) is 2. The number of rotatable bonds is 3. The molecular formula is C7H17N3O2S. The molecule has 0 aliphatic carbocycles. The first-order chi connectivity index (χ1) is 6.10. The molecule has 0 aromatic heterocycles. The quantitative estimate of drug-likeness (QED) is 0.633. The van der Waals surface area contributed by atoms with E-state index in [1.54, 1.807) is 0 Å². The third kappa shape index (κ3) is 2.63. The third-order valence-electron chi connectivity index (χ3n) is 2.46. The summed E-state index contributed by atoms with van der Waals surface area (Å²) in [7, 11) is 0.156. The Morgan fingerprint density at radius 2 is 1.77 bits per heavy atom. The molecule has 0 amide bonds.